The highest BCUT2D eigenvalue weighted by Crippen LogP contribution is 2.26. The maximum absolute atomic E-state index is 13.0. The lowest BCUT2D eigenvalue weighted by atomic mass is 10.1. The number of nitrogens with zero attached hydrogens (tertiary/aromatic N) is 1. The molecule has 0 aliphatic carbocycles. The van der Waals surface area contributed by atoms with E-state index in [1.165, 1.54) is 0 Å². The predicted octanol–water partition coefficient (Wildman–Crippen LogP) is 2.92. The Morgan fingerprint density at radius 2 is 1.96 bits per heavy atom. The second-order valence-corrected chi connectivity index (χ2v) is 7.15. The number of methoxy groups -OCH3 is 1. The van der Waals surface area contributed by atoms with Gasteiger partial charge < -0.3 is 19.5 Å². The third-order valence-electron chi connectivity index (χ3n) is 4.36. The molecule has 1 saturated heterocycles. The van der Waals surface area contributed by atoms with Crippen molar-refractivity contribution in [2.24, 2.45) is 0 Å². The molecular formula is C19H21NO5S. The van der Waals surface area contributed by atoms with E-state index in [9.17, 15) is 9.59 Å². The Hall–Kier alpha value is -2.38. The van der Waals surface area contributed by atoms with Gasteiger partial charge in [0.1, 0.15) is 11.9 Å². The molecule has 26 heavy (non-hydrogen) atoms. The quantitative estimate of drug-likeness (QED) is 0.805. The molecule has 2 aromatic rings. The van der Waals surface area contributed by atoms with Gasteiger partial charge in [-0.1, -0.05) is 24.3 Å². The molecule has 3 rings (SSSR count). The first-order valence-corrected chi connectivity index (χ1v) is 9.27. The molecule has 138 valence electrons. The molecule has 0 unspecified atom stereocenters. The maximum atomic E-state index is 13.0. The van der Waals surface area contributed by atoms with Gasteiger partial charge in [0.25, 0.3) is 5.91 Å². The van der Waals surface area contributed by atoms with Crippen LogP contribution in [0.5, 0.6) is 5.75 Å². The number of amides is 1. The zero-order valence-corrected chi connectivity index (χ0v) is 15.3. The van der Waals surface area contributed by atoms with Crippen LogP contribution in [0.1, 0.15) is 23.3 Å². The molecule has 0 radical (unpaired) electrons. The molecule has 2 heterocycles. The minimum atomic E-state index is -1.02. The van der Waals surface area contributed by atoms with Crippen LogP contribution in [0, 0.1) is 0 Å². The van der Waals surface area contributed by atoms with Crippen molar-refractivity contribution in [3.8, 4) is 5.75 Å². The van der Waals surface area contributed by atoms with Gasteiger partial charge in [-0.2, -0.15) is 0 Å². The highest BCUT2D eigenvalue weighted by Gasteiger charge is 2.37. The van der Waals surface area contributed by atoms with Gasteiger partial charge in [-0.15, -0.1) is 11.3 Å². The third-order valence-corrected chi connectivity index (χ3v) is 5.22. The van der Waals surface area contributed by atoms with Gasteiger partial charge >= 0.3 is 5.97 Å². The highest BCUT2D eigenvalue weighted by molar-refractivity contribution is 7.09. The summed E-state index contributed by atoms with van der Waals surface area (Å²) in [6, 6.07) is 11.5. The first-order valence-electron chi connectivity index (χ1n) is 8.40. The minimum Gasteiger partial charge on any atom is -0.496 e. The number of carboxylic acids is 1. The van der Waals surface area contributed by atoms with Crippen molar-refractivity contribution in [1.29, 1.82) is 0 Å². The first-order chi connectivity index (χ1) is 12.6. The molecule has 2 atom stereocenters. The summed E-state index contributed by atoms with van der Waals surface area (Å²) in [7, 11) is 1.60. The Labute approximate surface area is 156 Å². The van der Waals surface area contributed by atoms with Gasteiger partial charge in [0, 0.05) is 17.0 Å². The molecule has 1 aromatic heterocycles. The van der Waals surface area contributed by atoms with Crippen LogP contribution in [0.3, 0.4) is 0 Å². The Morgan fingerprint density at radius 1 is 1.19 bits per heavy atom. The zero-order valence-electron chi connectivity index (χ0n) is 14.5. The van der Waals surface area contributed by atoms with Crippen LogP contribution in [-0.4, -0.2) is 41.2 Å². The smallest absolute Gasteiger partial charge is 0.332 e. The lowest BCUT2D eigenvalue weighted by Crippen LogP contribution is -2.39. The second-order valence-electron chi connectivity index (χ2n) is 6.11. The molecular weight excluding hydrogens is 354 g/mol. The maximum Gasteiger partial charge on any atom is 0.332 e. The van der Waals surface area contributed by atoms with E-state index in [1.54, 1.807) is 23.3 Å². The number of carboxylic acid groups (broad SMARTS) is 1. The van der Waals surface area contributed by atoms with Crippen molar-refractivity contribution in [2.75, 3.05) is 7.11 Å². The van der Waals surface area contributed by atoms with E-state index in [0.717, 1.165) is 10.4 Å². The van der Waals surface area contributed by atoms with E-state index >= 15 is 0 Å². The fraction of sp³-hybridized carbons (Fsp3) is 0.368. The summed E-state index contributed by atoms with van der Waals surface area (Å²) in [6.07, 6.45) is -0.847. The van der Waals surface area contributed by atoms with Gasteiger partial charge in [-0.25, -0.2) is 4.79 Å². The third kappa shape index (κ3) is 4.23. The number of thiophene rings is 1. The summed E-state index contributed by atoms with van der Waals surface area (Å²) < 4.78 is 10.9. The summed E-state index contributed by atoms with van der Waals surface area (Å²) in [5.74, 6) is -0.491. The van der Waals surface area contributed by atoms with Crippen molar-refractivity contribution in [1.82, 2.24) is 4.90 Å². The SMILES string of the molecule is COc1ccccc1CN(Cc1cccs1)C(=O)[C@@H]1CC[C@H](C(=O)O)O1. The summed E-state index contributed by atoms with van der Waals surface area (Å²) in [6.45, 7) is 0.824. The Morgan fingerprint density at radius 3 is 2.62 bits per heavy atom. The normalized spacial score (nSPS) is 19.3. The van der Waals surface area contributed by atoms with Crippen LogP contribution in [0.4, 0.5) is 0 Å². The van der Waals surface area contributed by atoms with Gasteiger partial charge in [-0.05, 0) is 30.4 Å². The first kappa shape index (κ1) is 18.4. The van der Waals surface area contributed by atoms with Crippen molar-refractivity contribution in [3.05, 3.63) is 52.2 Å². The van der Waals surface area contributed by atoms with Crippen molar-refractivity contribution < 1.29 is 24.2 Å². The van der Waals surface area contributed by atoms with E-state index in [-0.39, 0.29) is 5.91 Å². The van der Waals surface area contributed by atoms with Crippen LogP contribution in [-0.2, 0) is 27.4 Å². The van der Waals surface area contributed by atoms with E-state index in [0.29, 0.717) is 31.7 Å². The summed E-state index contributed by atoms with van der Waals surface area (Å²) >= 11 is 1.58. The van der Waals surface area contributed by atoms with Gasteiger partial charge in [0.2, 0.25) is 0 Å². The van der Waals surface area contributed by atoms with Crippen molar-refractivity contribution in [3.63, 3.8) is 0 Å². The largest absolute Gasteiger partial charge is 0.496 e. The van der Waals surface area contributed by atoms with Gasteiger partial charge in [0.15, 0.2) is 6.10 Å². The van der Waals surface area contributed by atoms with E-state index in [4.69, 9.17) is 14.6 Å². The number of hydrogen-bond acceptors (Lipinski definition) is 5. The van der Waals surface area contributed by atoms with E-state index in [2.05, 4.69) is 0 Å². The number of benzene rings is 1. The average molecular weight is 375 g/mol. The van der Waals surface area contributed by atoms with Crippen molar-refractivity contribution in [2.45, 2.75) is 38.1 Å². The summed E-state index contributed by atoms with van der Waals surface area (Å²) in [4.78, 5) is 26.9. The fourth-order valence-corrected chi connectivity index (χ4v) is 3.77. The van der Waals surface area contributed by atoms with Gasteiger partial charge in [0.05, 0.1) is 13.7 Å². The van der Waals surface area contributed by atoms with Crippen LogP contribution in [0.2, 0.25) is 0 Å². The molecule has 7 heteroatoms. The molecule has 1 aromatic carbocycles. The van der Waals surface area contributed by atoms with Crippen LogP contribution in [0.15, 0.2) is 41.8 Å². The molecule has 1 amide bonds. The topological polar surface area (TPSA) is 76.1 Å². The van der Waals surface area contributed by atoms with Crippen molar-refractivity contribution >= 4 is 23.2 Å². The number of carbonyl (C=O) groups excluding carboxylic acids is 1. The number of ether oxygens (including phenoxy) is 2. The molecule has 1 N–H and O–H groups in total. The van der Waals surface area contributed by atoms with E-state index in [1.807, 2.05) is 41.8 Å². The summed E-state index contributed by atoms with van der Waals surface area (Å²) in [5.41, 5.74) is 0.896. The molecule has 1 aliphatic rings. The molecule has 1 aliphatic heterocycles. The second kappa shape index (κ2) is 8.33. The monoisotopic (exact) mass is 375 g/mol. The lowest BCUT2D eigenvalue weighted by molar-refractivity contribution is -0.155. The lowest BCUT2D eigenvalue weighted by Gasteiger charge is -2.26. The average Bonchev–Trinajstić information content (AvgIpc) is 3.33. The highest BCUT2D eigenvalue weighted by atomic mass is 32.1. The molecule has 0 spiro atoms. The Bertz CT molecular complexity index is 761. The van der Waals surface area contributed by atoms with Gasteiger partial charge in [-0.3, -0.25) is 4.79 Å². The Balaban J connectivity index is 1.79. The molecule has 0 saturated carbocycles. The standard InChI is InChI=1S/C19H21NO5S/c1-24-15-7-3-2-5-13(15)11-20(12-14-6-4-10-26-14)18(21)16-8-9-17(25-16)19(22)23/h2-7,10,16-17H,8-9,11-12H2,1H3,(H,22,23)/t16-,17+/m0/s1. The zero-order chi connectivity index (χ0) is 18.5. The fourth-order valence-electron chi connectivity index (χ4n) is 3.05. The van der Waals surface area contributed by atoms with E-state index < -0.39 is 18.2 Å². The summed E-state index contributed by atoms with van der Waals surface area (Å²) in [5, 5.41) is 11.1. The number of hydrogen-bond donors (Lipinski definition) is 1. The number of para-hydroxylation sites is 1. The Kier molecular flexibility index (Phi) is 5.90. The van der Waals surface area contributed by atoms with Crippen LogP contribution < -0.4 is 4.74 Å². The number of aliphatic carboxylic acids is 1. The molecule has 0 bridgehead atoms. The van der Waals surface area contributed by atoms with Crippen LogP contribution in [0.25, 0.3) is 0 Å². The number of rotatable bonds is 7. The predicted molar refractivity (Wildman–Crippen MR) is 97.1 cm³/mol. The molecule has 6 nitrogen and oxygen atoms in total. The minimum absolute atomic E-state index is 0.187. The van der Waals surface area contributed by atoms with Crippen LogP contribution >= 0.6 is 11.3 Å². The molecule has 1 fully saturated rings. The number of carbonyl (C=O) groups is 2.